The van der Waals surface area contributed by atoms with E-state index in [-0.39, 0.29) is 6.61 Å². The lowest BCUT2D eigenvalue weighted by molar-refractivity contribution is -0.0425. The molecular formula is C11H14BrN5O3. The number of fused-ring (bicyclic) bond motifs is 1. The van der Waals surface area contributed by atoms with E-state index in [1.807, 2.05) is 0 Å². The number of ether oxygens (including phenoxy) is 1. The maximum absolute atomic E-state index is 9.87. The van der Waals surface area contributed by atoms with Crippen LogP contribution in [0.3, 0.4) is 0 Å². The molecule has 2 aromatic heterocycles. The van der Waals surface area contributed by atoms with Crippen LogP contribution in [0.5, 0.6) is 0 Å². The average molecular weight is 344 g/mol. The van der Waals surface area contributed by atoms with Crippen molar-refractivity contribution in [3.05, 3.63) is 10.9 Å². The minimum Gasteiger partial charge on any atom is -0.394 e. The van der Waals surface area contributed by atoms with Crippen molar-refractivity contribution in [3.63, 3.8) is 0 Å². The number of anilines is 1. The SMILES string of the molecule is CNc1nc2c(Br)ncnc2n1[C@H]1C[C@@H](O)[C@H](CO)O1. The highest BCUT2D eigenvalue weighted by Crippen LogP contribution is 2.34. The molecule has 0 aliphatic carbocycles. The van der Waals surface area contributed by atoms with Gasteiger partial charge >= 0.3 is 0 Å². The van der Waals surface area contributed by atoms with Gasteiger partial charge in [0.25, 0.3) is 0 Å². The number of aromatic nitrogens is 4. The minimum atomic E-state index is -0.711. The highest BCUT2D eigenvalue weighted by molar-refractivity contribution is 9.10. The largest absolute Gasteiger partial charge is 0.394 e. The second-order valence-electron chi connectivity index (χ2n) is 4.51. The Hall–Kier alpha value is -1.29. The van der Waals surface area contributed by atoms with E-state index in [4.69, 9.17) is 4.74 Å². The molecule has 9 heteroatoms. The molecule has 3 atom stereocenters. The van der Waals surface area contributed by atoms with Crippen molar-refractivity contribution in [1.29, 1.82) is 0 Å². The number of nitrogens with one attached hydrogen (secondary N) is 1. The second-order valence-corrected chi connectivity index (χ2v) is 5.26. The molecule has 1 saturated heterocycles. The number of halogens is 1. The number of hydrogen-bond donors (Lipinski definition) is 3. The third kappa shape index (κ3) is 2.06. The van der Waals surface area contributed by atoms with Gasteiger partial charge in [0.1, 0.15) is 28.8 Å². The molecule has 20 heavy (non-hydrogen) atoms. The van der Waals surface area contributed by atoms with E-state index in [9.17, 15) is 10.2 Å². The Labute approximate surface area is 122 Å². The molecule has 0 unspecified atom stereocenters. The molecule has 1 aliphatic rings. The molecule has 0 amide bonds. The maximum atomic E-state index is 9.87. The zero-order valence-electron chi connectivity index (χ0n) is 10.7. The van der Waals surface area contributed by atoms with Gasteiger partial charge in [0.15, 0.2) is 5.65 Å². The Kier molecular flexibility index (Phi) is 3.59. The highest BCUT2D eigenvalue weighted by atomic mass is 79.9. The molecule has 0 saturated carbocycles. The Morgan fingerprint density at radius 3 is 3.00 bits per heavy atom. The van der Waals surface area contributed by atoms with Crippen molar-refractivity contribution in [2.45, 2.75) is 24.9 Å². The van der Waals surface area contributed by atoms with Crippen molar-refractivity contribution in [1.82, 2.24) is 19.5 Å². The van der Waals surface area contributed by atoms with E-state index < -0.39 is 18.4 Å². The van der Waals surface area contributed by atoms with Crippen LogP contribution < -0.4 is 5.32 Å². The summed E-state index contributed by atoms with van der Waals surface area (Å²) in [5.41, 5.74) is 1.22. The monoisotopic (exact) mass is 343 g/mol. The molecule has 108 valence electrons. The first-order valence-electron chi connectivity index (χ1n) is 6.16. The van der Waals surface area contributed by atoms with E-state index in [0.717, 1.165) is 0 Å². The lowest BCUT2D eigenvalue weighted by atomic mass is 10.2. The van der Waals surface area contributed by atoms with Crippen molar-refractivity contribution in [2.75, 3.05) is 19.0 Å². The lowest BCUT2D eigenvalue weighted by Crippen LogP contribution is -2.24. The van der Waals surface area contributed by atoms with E-state index >= 15 is 0 Å². The van der Waals surface area contributed by atoms with Gasteiger partial charge in [-0.2, -0.15) is 0 Å². The van der Waals surface area contributed by atoms with E-state index in [1.165, 1.54) is 6.33 Å². The Balaban J connectivity index is 2.09. The smallest absolute Gasteiger partial charge is 0.207 e. The lowest BCUT2D eigenvalue weighted by Gasteiger charge is -2.16. The van der Waals surface area contributed by atoms with Crippen molar-refractivity contribution in [3.8, 4) is 0 Å². The fourth-order valence-electron chi connectivity index (χ4n) is 2.37. The van der Waals surface area contributed by atoms with Gasteiger partial charge in [0.2, 0.25) is 5.95 Å². The quantitative estimate of drug-likeness (QED) is 0.687. The van der Waals surface area contributed by atoms with Gasteiger partial charge in [-0.1, -0.05) is 0 Å². The maximum Gasteiger partial charge on any atom is 0.207 e. The van der Waals surface area contributed by atoms with Gasteiger partial charge in [0, 0.05) is 13.5 Å². The normalized spacial score (nSPS) is 26.3. The first-order chi connectivity index (χ1) is 9.65. The third-order valence-corrected chi connectivity index (χ3v) is 3.91. The molecule has 0 aromatic carbocycles. The summed E-state index contributed by atoms with van der Waals surface area (Å²) in [5.74, 6) is 0.567. The molecule has 3 N–H and O–H groups in total. The number of nitrogens with zero attached hydrogens (tertiary/aromatic N) is 4. The van der Waals surface area contributed by atoms with Crippen LogP contribution in [0.2, 0.25) is 0 Å². The molecule has 0 bridgehead atoms. The first kappa shape index (κ1) is 13.7. The van der Waals surface area contributed by atoms with Gasteiger partial charge in [-0.3, -0.25) is 4.57 Å². The van der Waals surface area contributed by atoms with Gasteiger partial charge < -0.3 is 20.3 Å². The van der Waals surface area contributed by atoms with Gasteiger partial charge in [-0.15, -0.1) is 0 Å². The number of aliphatic hydroxyl groups is 2. The fraction of sp³-hybridized carbons (Fsp3) is 0.545. The van der Waals surface area contributed by atoms with Crippen LogP contribution in [0.25, 0.3) is 11.2 Å². The van der Waals surface area contributed by atoms with Crippen LogP contribution in [0.15, 0.2) is 10.9 Å². The topological polar surface area (TPSA) is 105 Å². The zero-order valence-corrected chi connectivity index (χ0v) is 12.3. The van der Waals surface area contributed by atoms with Crippen LogP contribution in [-0.4, -0.2) is 55.6 Å². The number of rotatable bonds is 3. The summed E-state index contributed by atoms with van der Waals surface area (Å²) in [6, 6.07) is 0. The van der Waals surface area contributed by atoms with E-state index in [0.29, 0.717) is 28.1 Å². The summed E-state index contributed by atoms with van der Waals surface area (Å²) >= 11 is 3.33. The molecule has 3 rings (SSSR count). The molecule has 2 aromatic rings. The third-order valence-electron chi connectivity index (χ3n) is 3.33. The molecule has 3 heterocycles. The minimum absolute atomic E-state index is 0.224. The molecule has 1 fully saturated rings. The summed E-state index contributed by atoms with van der Waals surface area (Å²) < 4.78 is 8.02. The number of aliphatic hydroxyl groups excluding tert-OH is 2. The summed E-state index contributed by atoms with van der Waals surface area (Å²) in [6.45, 7) is -0.224. The van der Waals surface area contributed by atoms with Crippen LogP contribution in [-0.2, 0) is 4.74 Å². The van der Waals surface area contributed by atoms with Crippen LogP contribution >= 0.6 is 15.9 Å². The number of imidazole rings is 1. The summed E-state index contributed by atoms with van der Waals surface area (Å²) in [7, 11) is 1.74. The van der Waals surface area contributed by atoms with E-state index in [2.05, 4.69) is 36.2 Å². The van der Waals surface area contributed by atoms with Gasteiger partial charge in [-0.25, -0.2) is 15.0 Å². The molecule has 8 nitrogen and oxygen atoms in total. The van der Waals surface area contributed by atoms with Crippen molar-refractivity contribution >= 4 is 33.0 Å². The summed E-state index contributed by atoms with van der Waals surface area (Å²) in [4.78, 5) is 12.7. The zero-order chi connectivity index (χ0) is 14.3. The first-order valence-corrected chi connectivity index (χ1v) is 6.95. The van der Waals surface area contributed by atoms with Crippen LogP contribution in [0.4, 0.5) is 5.95 Å². The predicted octanol–water partition coefficient (Wildman–Crippen LogP) is 0.271. The Morgan fingerprint density at radius 2 is 2.35 bits per heavy atom. The predicted molar refractivity (Wildman–Crippen MR) is 74.2 cm³/mol. The summed E-state index contributed by atoms with van der Waals surface area (Å²) in [6.07, 6.45) is 0.0626. The summed E-state index contributed by atoms with van der Waals surface area (Å²) in [5, 5.41) is 22.0. The average Bonchev–Trinajstić information content (AvgIpc) is 2.99. The molecular weight excluding hydrogens is 330 g/mol. The molecule has 0 spiro atoms. The molecule has 0 radical (unpaired) electrons. The highest BCUT2D eigenvalue weighted by Gasteiger charge is 2.36. The van der Waals surface area contributed by atoms with Crippen molar-refractivity contribution < 1.29 is 14.9 Å². The van der Waals surface area contributed by atoms with Gasteiger partial charge in [-0.05, 0) is 15.9 Å². The Bertz CT molecular complexity index is 634. The Morgan fingerprint density at radius 1 is 1.55 bits per heavy atom. The number of hydrogen-bond acceptors (Lipinski definition) is 7. The van der Waals surface area contributed by atoms with E-state index in [1.54, 1.807) is 11.6 Å². The standard InChI is InChI=1S/C11H14BrN5O3/c1-13-11-16-8-9(12)14-4-15-10(8)17(11)7-2-5(19)6(3-18)20-7/h4-7,18-19H,2-3H2,1H3,(H,13,16)/t5-,6+,7-/m1/s1. The second kappa shape index (κ2) is 5.24. The molecule has 1 aliphatic heterocycles. The van der Waals surface area contributed by atoms with Crippen molar-refractivity contribution in [2.24, 2.45) is 0 Å². The fourth-order valence-corrected chi connectivity index (χ4v) is 2.73. The van der Waals surface area contributed by atoms with Crippen LogP contribution in [0, 0.1) is 0 Å². The van der Waals surface area contributed by atoms with Gasteiger partial charge in [0.05, 0.1) is 12.7 Å². The van der Waals surface area contributed by atoms with Crippen LogP contribution in [0.1, 0.15) is 12.6 Å².